The molecule has 0 fully saturated rings. The Bertz CT molecular complexity index is 485. The highest BCUT2D eigenvalue weighted by atomic mass is 19.4. The van der Waals surface area contributed by atoms with Crippen LogP contribution in [0.5, 0.6) is 0 Å². The summed E-state index contributed by atoms with van der Waals surface area (Å²) in [5.74, 6) is -3.02. The molecule has 0 radical (unpaired) electrons. The third-order valence-corrected chi connectivity index (χ3v) is 2.50. The van der Waals surface area contributed by atoms with Gasteiger partial charge >= 0.3 is 18.1 Å². The molecule has 1 aromatic carbocycles. The number of hydrogen-bond acceptors (Lipinski definition) is 2. The van der Waals surface area contributed by atoms with Gasteiger partial charge in [-0.3, -0.25) is 4.79 Å². The second-order valence-corrected chi connectivity index (χ2v) is 3.98. The molecule has 0 spiro atoms. The minimum atomic E-state index is -4.89. The molecule has 1 rings (SSSR count). The van der Waals surface area contributed by atoms with Crippen molar-refractivity contribution in [1.82, 2.24) is 4.90 Å². The fourth-order valence-electron chi connectivity index (χ4n) is 1.47. The van der Waals surface area contributed by atoms with E-state index in [1.54, 1.807) is 6.07 Å². The van der Waals surface area contributed by atoms with Gasteiger partial charge < -0.3 is 10.0 Å². The van der Waals surface area contributed by atoms with Gasteiger partial charge in [0.15, 0.2) is 0 Å². The molecule has 7 heteroatoms. The van der Waals surface area contributed by atoms with E-state index < -0.39 is 18.1 Å². The van der Waals surface area contributed by atoms with E-state index in [9.17, 15) is 22.8 Å². The van der Waals surface area contributed by atoms with Crippen LogP contribution < -0.4 is 0 Å². The van der Waals surface area contributed by atoms with Gasteiger partial charge in [-0.15, -0.1) is 0 Å². The maximum absolute atomic E-state index is 12.1. The zero-order valence-electron chi connectivity index (χ0n) is 10.1. The summed E-state index contributed by atoms with van der Waals surface area (Å²) in [4.78, 5) is 22.1. The predicted molar refractivity (Wildman–Crippen MR) is 60.8 cm³/mol. The van der Waals surface area contributed by atoms with Crippen LogP contribution in [-0.4, -0.2) is 41.7 Å². The predicted octanol–water partition coefficient (Wildman–Crippen LogP) is 1.95. The third-order valence-electron chi connectivity index (χ3n) is 2.50. The largest absolute Gasteiger partial charge is 0.478 e. The number of carboxylic acids is 1. The molecule has 0 aliphatic rings. The Morgan fingerprint density at radius 3 is 2.47 bits per heavy atom. The summed E-state index contributed by atoms with van der Waals surface area (Å²) < 4.78 is 36.4. The second kappa shape index (κ2) is 5.73. The summed E-state index contributed by atoms with van der Waals surface area (Å²) in [6.07, 6.45) is -4.74. The van der Waals surface area contributed by atoms with Crippen LogP contribution in [0.4, 0.5) is 13.2 Å². The highest BCUT2D eigenvalue weighted by molar-refractivity contribution is 5.87. The van der Waals surface area contributed by atoms with Crippen LogP contribution in [0.1, 0.15) is 15.9 Å². The lowest BCUT2D eigenvalue weighted by Gasteiger charge is -2.18. The van der Waals surface area contributed by atoms with Gasteiger partial charge in [-0.25, -0.2) is 4.79 Å². The van der Waals surface area contributed by atoms with E-state index in [2.05, 4.69) is 0 Å². The van der Waals surface area contributed by atoms with Gasteiger partial charge in [0.05, 0.1) is 5.56 Å². The van der Waals surface area contributed by atoms with Crippen molar-refractivity contribution in [2.75, 3.05) is 13.6 Å². The average Bonchev–Trinajstić information content (AvgIpc) is 2.34. The molecule has 0 saturated carbocycles. The number of hydrogen-bond donors (Lipinski definition) is 1. The van der Waals surface area contributed by atoms with Crippen LogP contribution in [0, 0.1) is 0 Å². The summed E-state index contributed by atoms with van der Waals surface area (Å²) in [6.45, 7) is -0.137. The minimum Gasteiger partial charge on any atom is -0.478 e. The molecule has 0 bridgehead atoms. The first-order valence-corrected chi connectivity index (χ1v) is 5.36. The fourth-order valence-corrected chi connectivity index (χ4v) is 1.47. The fraction of sp³-hybridized carbons (Fsp3) is 0.333. The number of halogens is 3. The summed E-state index contributed by atoms with van der Waals surface area (Å²) in [6, 6.07) is 5.85. The molecule has 0 saturated heterocycles. The lowest BCUT2D eigenvalue weighted by Crippen LogP contribution is -2.39. The minimum absolute atomic E-state index is 0.0577. The molecule has 1 amide bonds. The van der Waals surface area contributed by atoms with Gasteiger partial charge in [0.2, 0.25) is 0 Å². The van der Waals surface area contributed by atoms with Crippen molar-refractivity contribution >= 4 is 11.9 Å². The molecule has 19 heavy (non-hydrogen) atoms. The summed E-state index contributed by atoms with van der Waals surface area (Å²) >= 11 is 0. The lowest BCUT2D eigenvalue weighted by atomic mass is 10.1. The topological polar surface area (TPSA) is 57.6 Å². The Labute approximate surface area is 107 Å². The first-order chi connectivity index (χ1) is 8.71. The van der Waals surface area contributed by atoms with Crippen LogP contribution in [0.3, 0.4) is 0 Å². The SMILES string of the molecule is CN(CCc1cccc(C(=O)O)c1)C(=O)C(F)(F)F. The van der Waals surface area contributed by atoms with E-state index in [1.807, 2.05) is 0 Å². The van der Waals surface area contributed by atoms with E-state index in [0.29, 0.717) is 10.5 Å². The van der Waals surface area contributed by atoms with Crippen molar-refractivity contribution in [3.05, 3.63) is 35.4 Å². The second-order valence-electron chi connectivity index (χ2n) is 3.98. The van der Waals surface area contributed by atoms with E-state index in [-0.39, 0.29) is 18.5 Å². The molecule has 104 valence electrons. The van der Waals surface area contributed by atoms with Gasteiger partial charge in [0.1, 0.15) is 0 Å². The quantitative estimate of drug-likeness (QED) is 0.913. The molecule has 0 atom stereocenters. The van der Waals surface area contributed by atoms with Gasteiger partial charge in [-0.05, 0) is 24.1 Å². The van der Waals surface area contributed by atoms with Crippen molar-refractivity contribution in [3.8, 4) is 0 Å². The highest BCUT2D eigenvalue weighted by Crippen LogP contribution is 2.17. The Hall–Kier alpha value is -2.05. The van der Waals surface area contributed by atoms with Crippen molar-refractivity contribution in [1.29, 1.82) is 0 Å². The number of rotatable bonds is 4. The van der Waals surface area contributed by atoms with Crippen LogP contribution in [0.15, 0.2) is 24.3 Å². The van der Waals surface area contributed by atoms with Crippen LogP contribution in [0.2, 0.25) is 0 Å². The van der Waals surface area contributed by atoms with Gasteiger partial charge in [-0.1, -0.05) is 12.1 Å². The summed E-state index contributed by atoms with van der Waals surface area (Å²) in [5.41, 5.74) is 0.615. The first kappa shape index (κ1) is 15.0. The molecule has 4 nitrogen and oxygen atoms in total. The van der Waals surface area contributed by atoms with E-state index in [1.165, 1.54) is 18.2 Å². The van der Waals surface area contributed by atoms with Crippen molar-refractivity contribution in [2.24, 2.45) is 0 Å². The Morgan fingerprint density at radius 2 is 1.95 bits per heavy atom. The normalized spacial score (nSPS) is 11.2. The van der Waals surface area contributed by atoms with Crippen molar-refractivity contribution in [3.63, 3.8) is 0 Å². The van der Waals surface area contributed by atoms with E-state index in [4.69, 9.17) is 5.11 Å². The molecule has 0 aromatic heterocycles. The smallest absolute Gasteiger partial charge is 0.471 e. The monoisotopic (exact) mass is 275 g/mol. The number of aromatic carboxylic acids is 1. The van der Waals surface area contributed by atoms with E-state index in [0.717, 1.165) is 7.05 Å². The van der Waals surface area contributed by atoms with Crippen molar-refractivity contribution < 1.29 is 27.9 Å². The van der Waals surface area contributed by atoms with Crippen LogP contribution in [-0.2, 0) is 11.2 Å². The Kier molecular flexibility index (Phi) is 4.52. The molecule has 0 heterocycles. The zero-order valence-corrected chi connectivity index (χ0v) is 10.1. The molecule has 1 aromatic rings. The Balaban J connectivity index is 2.65. The van der Waals surface area contributed by atoms with E-state index >= 15 is 0 Å². The standard InChI is InChI=1S/C12H12F3NO3/c1-16(11(19)12(13,14)15)6-5-8-3-2-4-9(7-8)10(17)18/h2-4,7H,5-6H2,1H3,(H,17,18). The molecule has 0 unspecified atom stereocenters. The number of likely N-dealkylation sites (N-methyl/N-ethyl adjacent to an activating group) is 1. The van der Waals surface area contributed by atoms with Crippen LogP contribution >= 0.6 is 0 Å². The molecular formula is C12H12F3NO3. The van der Waals surface area contributed by atoms with Crippen molar-refractivity contribution in [2.45, 2.75) is 12.6 Å². The zero-order chi connectivity index (χ0) is 14.6. The first-order valence-electron chi connectivity index (χ1n) is 5.36. The highest BCUT2D eigenvalue weighted by Gasteiger charge is 2.40. The molecule has 0 aliphatic heterocycles. The molecular weight excluding hydrogens is 263 g/mol. The molecule has 0 aliphatic carbocycles. The number of carbonyl (C=O) groups is 2. The number of carbonyl (C=O) groups excluding carboxylic acids is 1. The van der Waals surface area contributed by atoms with Gasteiger partial charge in [0, 0.05) is 13.6 Å². The van der Waals surface area contributed by atoms with Gasteiger partial charge in [-0.2, -0.15) is 13.2 Å². The van der Waals surface area contributed by atoms with Crippen LogP contribution in [0.25, 0.3) is 0 Å². The number of amides is 1. The third kappa shape index (κ3) is 4.27. The number of carboxylic acid groups (broad SMARTS) is 1. The summed E-state index contributed by atoms with van der Waals surface area (Å²) in [5, 5.41) is 8.77. The molecule has 1 N–H and O–H groups in total. The maximum Gasteiger partial charge on any atom is 0.471 e. The lowest BCUT2D eigenvalue weighted by molar-refractivity contribution is -0.184. The Morgan fingerprint density at radius 1 is 1.32 bits per heavy atom. The maximum atomic E-state index is 12.1. The number of benzene rings is 1. The van der Waals surface area contributed by atoms with Gasteiger partial charge in [0.25, 0.3) is 0 Å². The number of alkyl halides is 3. The average molecular weight is 275 g/mol. The summed E-state index contributed by atoms with van der Waals surface area (Å²) in [7, 11) is 1.05. The number of nitrogens with zero attached hydrogens (tertiary/aromatic N) is 1.